The topological polar surface area (TPSA) is 333 Å². The third kappa shape index (κ3) is 13.5. The maximum atomic E-state index is 15.6. The second-order valence-corrected chi connectivity index (χ2v) is 22.3. The second-order valence-electron chi connectivity index (χ2n) is 20.4. The molecule has 0 saturated heterocycles. The van der Waals surface area contributed by atoms with Crippen molar-refractivity contribution >= 4 is 67.9 Å². The Morgan fingerprint density at radius 1 is 0.902 bits per heavy atom. The third-order valence-corrected chi connectivity index (χ3v) is 15.5. The number of ether oxygens (including phenoxy) is 1. The van der Waals surface area contributed by atoms with Crippen molar-refractivity contribution in [2.45, 2.75) is 115 Å². The van der Waals surface area contributed by atoms with E-state index in [1.54, 1.807) is 50.2 Å². The lowest BCUT2D eigenvalue weighted by molar-refractivity contribution is -0.172. The van der Waals surface area contributed by atoms with Crippen molar-refractivity contribution in [1.29, 1.82) is 0 Å². The van der Waals surface area contributed by atoms with Crippen LogP contribution in [-0.4, -0.2) is 119 Å². The number of aryl methyl sites for hydroxylation is 1. The van der Waals surface area contributed by atoms with Crippen molar-refractivity contribution in [2.75, 3.05) is 32.4 Å². The van der Waals surface area contributed by atoms with E-state index in [0.29, 0.717) is 82.2 Å². The fourth-order valence-corrected chi connectivity index (χ4v) is 10.6. The lowest BCUT2D eigenvalue weighted by Crippen LogP contribution is -2.52. The van der Waals surface area contributed by atoms with E-state index in [9.17, 15) is 56.7 Å². The molecular weight excluding hydrogens is 1080 g/mol. The van der Waals surface area contributed by atoms with E-state index in [1.807, 2.05) is 0 Å². The van der Waals surface area contributed by atoms with Gasteiger partial charge in [0, 0.05) is 72.8 Å². The minimum absolute atomic E-state index is 0.00834. The molecule has 0 spiro atoms. The molecule has 7 N–H and O–H groups in total. The SMILES string of the molecule is CC[C@@]1(O)C(=O)OCc2c1cc1n(c2=O)Cc2c-1nc1cc(F)c(C)c3c1c2[C@@H](NC(=O)C[C@@H](C)C(=O)CNC(=O)CNC(=O)[C@H](Cc1ccccc1)NC(=O)CNC(=O)CNC(=O)CCCC#Cc1cnc(S(C)(=O)=O)nc1)CCC3. The van der Waals surface area contributed by atoms with Gasteiger partial charge in [-0.3, -0.25) is 38.4 Å². The fraction of sp³-hybridized carbons (Fsp3) is 0.404. The van der Waals surface area contributed by atoms with Gasteiger partial charge in [0.15, 0.2) is 11.4 Å². The molecule has 5 aromatic rings. The van der Waals surface area contributed by atoms with Crippen molar-refractivity contribution in [3.8, 4) is 23.2 Å². The minimum atomic E-state index is -3.55. The molecule has 1 aliphatic carbocycles. The Labute approximate surface area is 470 Å². The highest BCUT2D eigenvalue weighted by Crippen LogP contribution is 2.45. The number of sulfone groups is 1. The molecule has 430 valence electrons. The van der Waals surface area contributed by atoms with Gasteiger partial charge in [0.1, 0.15) is 18.5 Å². The first kappa shape index (κ1) is 59.4. The minimum Gasteiger partial charge on any atom is -0.458 e. The average Bonchev–Trinajstić information content (AvgIpc) is 3.88. The largest absolute Gasteiger partial charge is 0.458 e. The van der Waals surface area contributed by atoms with E-state index in [4.69, 9.17) is 9.72 Å². The number of fused-ring (bicyclic) bond motifs is 5. The van der Waals surface area contributed by atoms with Gasteiger partial charge in [0.05, 0.1) is 66.8 Å². The summed E-state index contributed by atoms with van der Waals surface area (Å²) in [4.78, 5) is 131. The second kappa shape index (κ2) is 25.4. The molecule has 6 amide bonds. The molecule has 0 radical (unpaired) electrons. The molecule has 5 heterocycles. The fourth-order valence-electron chi connectivity index (χ4n) is 10.1. The van der Waals surface area contributed by atoms with Gasteiger partial charge in [-0.25, -0.2) is 32.6 Å². The van der Waals surface area contributed by atoms with Crippen molar-refractivity contribution in [1.82, 2.24) is 51.4 Å². The van der Waals surface area contributed by atoms with E-state index in [-0.39, 0.29) is 55.1 Å². The Kier molecular flexibility index (Phi) is 18.4. The molecule has 82 heavy (non-hydrogen) atoms. The van der Waals surface area contributed by atoms with Crippen LogP contribution in [0.3, 0.4) is 0 Å². The van der Waals surface area contributed by atoms with Crippen molar-refractivity contribution < 1.29 is 61.0 Å². The van der Waals surface area contributed by atoms with Gasteiger partial charge >= 0.3 is 5.97 Å². The lowest BCUT2D eigenvalue weighted by Gasteiger charge is -2.31. The number of pyridine rings is 2. The van der Waals surface area contributed by atoms with Gasteiger partial charge in [-0.05, 0) is 67.3 Å². The summed E-state index contributed by atoms with van der Waals surface area (Å²) in [5.41, 5.74) is 2.14. The highest BCUT2D eigenvalue weighted by molar-refractivity contribution is 7.90. The van der Waals surface area contributed by atoms with Crippen molar-refractivity contribution in [2.24, 2.45) is 5.92 Å². The van der Waals surface area contributed by atoms with Crippen LogP contribution in [0.15, 0.2) is 64.8 Å². The lowest BCUT2D eigenvalue weighted by atomic mass is 9.86. The number of aliphatic hydroxyl groups is 1. The summed E-state index contributed by atoms with van der Waals surface area (Å²) in [5, 5.41) is 27.2. The third-order valence-electron chi connectivity index (χ3n) is 14.6. The van der Waals surface area contributed by atoms with Gasteiger partial charge in [-0.15, -0.1) is 0 Å². The Morgan fingerprint density at radius 2 is 1.59 bits per heavy atom. The van der Waals surface area contributed by atoms with Crippen LogP contribution in [0.25, 0.3) is 22.3 Å². The zero-order chi connectivity index (χ0) is 59.0. The zero-order valence-corrected chi connectivity index (χ0v) is 46.3. The summed E-state index contributed by atoms with van der Waals surface area (Å²) in [5.74, 6) is -0.943. The van der Waals surface area contributed by atoms with Crippen LogP contribution in [0.1, 0.15) is 109 Å². The number of hydrogen-bond acceptors (Lipinski definition) is 16. The highest BCUT2D eigenvalue weighted by Gasteiger charge is 2.46. The molecule has 0 unspecified atom stereocenters. The van der Waals surface area contributed by atoms with Gasteiger partial charge in [0.2, 0.25) is 50.4 Å². The molecule has 4 atom stereocenters. The molecule has 0 bridgehead atoms. The normalized spacial score (nSPS) is 16.5. The summed E-state index contributed by atoms with van der Waals surface area (Å²) in [6, 6.07) is 9.71. The van der Waals surface area contributed by atoms with Crippen LogP contribution in [0, 0.1) is 30.5 Å². The summed E-state index contributed by atoms with van der Waals surface area (Å²) < 4.78 is 45.3. The Morgan fingerprint density at radius 3 is 2.29 bits per heavy atom. The maximum Gasteiger partial charge on any atom is 0.343 e. The van der Waals surface area contributed by atoms with Crippen molar-refractivity contribution in [3.05, 3.63) is 116 Å². The number of rotatable bonds is 21. The van der Waals surface area contributed by atoms with E-state index < -0.39 is 118 Å². The first-order valence-electron chi connectivity index (χ1n) is 26.6. The number of unbranched alkanes of at least 4 members (excludes halogenated alkanes) is 1. The number of esters is 1. The number of amides is 6. The zero-order valence-electron chi connectivity index (χ0n) is 45.5. The first-order valence-corrected chi connectivity index (χ1v) is 28.5. The molecule has 23 nitrogen and oxygen atoms in total. The number of carbonyl (C=O) groups is 8. The number of ketones is 1. The van der Waals surface area contributed by atoms with Crippen LogP contribution in [0.4, 0.5) is 4.39 Å². The van der Waals surface area contributed by atoms with Crippen molar-refractivity contribution in [3.63, 3.8) is 0 Å². The average molecular weight is 1150 g/mol. The molecule has 3 aliphatic rings. The molecular formula is C57H61FN10O13S. The molecule has 8 rings (SSSR count). The number of Topliss-reactive ketones (excluding diaryl/α,β-unsaturated/α-hetero) is 1. The summed E-state index contributed by atoms with van der Waals surface area (Å²) in [6.07, 6.45) is 5.36. The smallest absolute Gasteiger partial charge is 0.343 e. The molecule has 3 aromatic heterocycles. The summed E-state index contributed by atoms with van der Waals surface area (Å²) in [6.45, 7) is 2.47. The Bertz CT molecular complexity index is 3660. The summed E-state index contributed by atoms with van der Waals surface area (Å²) >= 11 is 0. The quantitative estimate of drug-likeness (QED) is 0.0231. The number of carbonyl (C=O) groups excluding carboxylic acids is 8. The predicted octanol–water partition coefficient (Wildman–Crippen LogP) is 1.22. The van der Waals surface area contributed by atoms with Gasteiger partial charge in [0.25, 0.3) is 5.56 Å². The monoisotopic (exact) mass is 1140 g/mol. The number of cyclic esters (lactones) is 1. The molecule has 25 heteroatoms. The Hall–Kier alpha value is -8.76. The number of aromatic nitrogens is 4. The van der Waals surface area contributed by atoms with Crippen LogP contribution in [-0.2, 0) is 84.5 Å². The first-order chi connectivity index (χ1) is 39.1. The van der Waals surface area contributed by atoms with Gasteiger partial charge in [-0.2, -0.15) is 0 Å². The predicted molar refractivity (Wildman–Crippen MR) is 292 cm³/mol. The van der Waals surface area contributed by atoms with Gasteiger partial charge < -0.3 is 46.3 Å². The molecule has 0 fully saturated rings. The Balaban J connectivity index is 0.816. The van der Waals surface area contributed by atoms with E-state index in [1.165, 1.54) is 30.0 Å². The maximum absolute atomic E-state index is 15.6. The van der Waals surface area contributed by atoms with E-state index in [0.717, 1.165) is 11.8 Å². The molecule has 0 saturated carbocycles. The van der Waals surface area contributed by atoms with Crippen LogP contribution in [0.5, 0.6) is 0 Å². The van der Waals surface area contributed by atoms with Crippen LogP contribution in [0.2, 0.25) is 0 Å². The molecule has 2 aromatic carbocycles. The number of halogens is 1. The number of nitrogens with one attached hydrogen (secondary N) is 6. The van der Waals surface area contributed by atoms with Gasteiger partial charge in [-0.1, -0.05) is 56.0 Å². The van der Waals surface area contributed by atoms with E-state index in [2.05, 4.69) is 53.7 Å². The number of hydrogen-bond donors (Lipinski definition) is 7. The highest BCUT2D eigenvalue weighted by atomic mass is 32.2. The number of benzene rings is 2. The standard InChI is InChI=1S/C57H61FN10O13S/c1-5-57(78)38-21-43-52-36(29-68(43)54(76)37(38)30-81-55(57)77)51-40(17-12-16-35-32(3)39(58)22-41(67-52)50(35)51)65-46(71)19-31(2)44(69)25-59-48(73)27-62-53(75)42(20-33-13-8-6-9-14-33)66-49(74)28-61-47(72)26-60-45(70)18-11-7-10-15-34-23-63-56(64-24-34)82(4,79)80/h6,8-9,13-14,21-24,31,40,42,78H,5,7,11-12,16-20,25-30H2,1-4H3,(H,59,73)(H,60,70)(H,61,72)(H,62,75)(H,65,71)(H,66,74)/t31-,40+,42+,57+/m1/s1. The van der Waals surface area contributed by atoms with Crippen LogP contribution < -0.4 is 37.5 Å². The van der Waals surface area contributed by atoms with Crippen LogP contribution >= 0.6 is 0 Å². The molecule has 2 aliphatic heterocycles. The van der Waals surface area contributed by atoms with E-state index >= 15 is 4.39 Å². The summed E-state index contributed by atoms with van der Waals surface area (Å²) in [7, 11) is -3.55. The number of nitrogens with zero attached hydrogens (tertiary/aromatic N) is 4.